The molecule has 0 fully saturated rings. The van der Waals surface area contributed by atoms with E-state index in [4.69, 9.17) is 10.5 Å². The Kier molecular flexibility index (Phi) is 5.90. The van der Waals surface area contributed by atoms with Gasteiger partial charge in [0, 0.05) is 16.5 Å². The van der Waals surface area contributed by atoms with Crippen LogP contribution in [-0.2, 0) is 11.1 Å². The van der Waals surface area contributed by atoms with Crippen molar-refractivity contribution in [3.05, 3.63) is 90.4 Å². The van der Waals surface area contributed by atoms with Gasteiger partial charge in [0.15, 0.2) is 0 Å². The Balaban J connectivity index is 1.39. The minimum atomic E-state index is -2.39. The van der Waals surface area contributed by atoms with E-state index in [1.807, 2.05) is 31.2 Å². The average Bonchev–Trinajstić information content (AvgIpc) is 3.33. The second-order valence-electron chi connectivity index (χ2n) is 8.90. The van der Waals surface area contributed by atoms with Crippen LogP contribution in [-0.4, -0.2) is 42.6 Å². The fraction of sp³-hybridized carbons (Fsp3) is 0.107. The molecule has 5 aromatic rings. The third kappa shape index (κ3) is 4.09. The van der Waals surface area contributed by atoms with Gasteiger partial charge in [0.1, 0.15) is 23.9 Å². The number of rotatable bonds is 4. The summed E-state index contributed by atoms with van der Waals surface area (Å²) in [6, 6.07) is 21.4. The highest BCUT2D eigenvalue weighted by molar-refractivity contribution is 7.79. The van der Waals surface area contributed by atoms with Gasteiger partial charge in [0.2, 0.25) is 0 Å². The monoisotopic (exact) mass is 524 g/mol. The Morgan fingerprint density at radius 1 is 1.08 bits per heavy atom. The number of benzene rings is 3. The van der Waals surface area contributed by atoms with E-state index in [-0.39, 0.29) is 10.8 Å². The maximum atomic E-state index is 13.9. The zero-order valence-corrected chi connectivity index (χ0v) is 21.1. The first-order chi connectivity index (χ1) is 18.4. The number of aromatic nitrogens is 3. The van der Waals surface area contributed by atoms with Crippen molar-refractivity contribution in [3.63, 3.8) is 0 Å². The zero-order chi connectivity index (χ0) is 26.4. The summed E-state index contributed by atoms with van der Waals surface area (Å²) in [5.74, 6) is 0.672. The van der Waals surface area contributed by atoms with Crippen LogP contribution in [0.1, 0.15) is 16.2 Å². The molecule has 0 saturated heterocycles. The van der Waals surface area contributed by atoms with Crippen LogP contribution >= 0.6 is 0 Å². The number of nitrogen functional groups attached to an aromatic ring is 1. The molecular weight excluding hydrogens is 502 g/mol. The van der Waals surface area contributed by atoms with Crippen LogP contribution in [0.5, 0.6) is 5.75 Å². The average molecular weight is 525 g/mol. The smallest absolute Gasteiger partial charge is 0.277 e. The molecule has 3 heterocycles. The molecule has 6 rings (SSSR count). The lowest BCUT2D eigenvalue weighted by molar-refractivity contribution is 0.0969. The molecule has 2 N–H and O–H groups in total. The van der Waals surface area contributed by atoms with Gasteiger partial charge in [-0.25, -0.2) is 9.67 Å². The number of nitrogens with zero attached hydrogens (tertiary/aromatic N) is 4. The van der Waals surface area contributed by atoms with Crippen LogP contribution in [0.3, 0.4) is 0 Å². The van der Waals surface area contributed by atoms with E-state index < -0.39 is 11.1 Å². The standard InChI is InChI=1S/C28H23N5O4S/c1-17-14-24(33(31-17)20-8-6-18-10-11-30-27(29)22(18)16-20)28(34)32-12-13-37-25-15-19(7-9-23(25)32)21-4-2-3-5-26(21)38(35)36/h2-11,14-16H,12-13H2,1H3,(H2,29,30)(H,35,36)/p-1. The summed E-state index contributed by atoms with van der Waals surface area (Å²) in [4.78, 5) is 19.9. The second-order valence-corrected chi connectivity index (χ2v) is 9.81. The summed E-state index contributed by atoms with van der Waals surface area (Å²) >= 11 is -2.39. The van der Waals surface area contributed by atoms with E-state index in [1.165, 1.54) is 0 Å². The largest absolute Gasteiger partial charge is 0.768 e. The third-order valence-electron chi connectivity index (χ3n) is 6.52. The molecule has 1 aliphatic heterocycles. The van der Waals surface area contributed by atoms with Crippen molar-refractivity contribution in [2.45, 2.75) is 11.8 Å². The van der Waals surface area contributed by atoms with Crippen LogP contribution < -0.4 is 15.4 Å². The molecule has 1 atom stereocenters. The van der Waals surface area contributed by atoms with Gasteiger partial charge in [-0.15, -0.1) is 0 Å². The first-order valence-corrected chi connectivity index (χ1v) is 13.0. The van der Waals surface area contributed by atoms with Crippen LogP contribution in [0.4, 0.5) is 11.5 Å². The SMILES string of the molecule is Cc1cc(C(=O)N2CCOc3cc(-c4ccccc4S(=O)[O-])ccc32)n(-c2ccc3ccnc(N)c3c2)n1. The van der Waals surface area contributed by atoms with Gasteiger partial charge in [-0.05, 0) is 77.0 Å². The van der Waals surface area contributed by atoms with Gasteiger partial charge in [0.25, 0.3) is 5.91 Å². The predicted molar refractivity (Wildman–Crippen MR) is 144 cm³/mol. The van der Waals surface area contributed by atoms with Crippen molar-refractivity contribution in [1.82, 2.24) is 14.8 Å². The van der Waals surface area contributed by atoms with Crippen LogP contribution in [0.15, 0.2) is 83.9 Å². The number of fused-ring (bicyclic) bond motifs is 2. The minimum absolute atomic E-state index is 0.196. The maximum Gasteiger partial charge on any atom is 0.277 e. The number of hydrogen-bond acceptors (Lipinski definition) is 7. The lowest BCUT2D eigenvalue weighted by Crippen LogP contribution is -2.38. The summed E-state index contributed by atoms with van der Waals surface area (Å²) < 4.78 is 31.0. The van der Waals surface area contributed by atoms with Crippen molar-refractivity contribution < 1.29 is 18.3 Å². The lowest BCUT2D eigenvalue weighted by Gasteiger charge is -2.30. The van der Waals surface area contributed by atoms with Crippen molar-refractivity contribution in [3.8, 4) is 22.6 Å². The molecule has 0 saturated carbocycles. The number of hydrogen-bond donors (Lipinski definition) is 1. The van der Waals surface area contributed by atoms with E-state index in [0.29, 0.717) is 58.6 Å². The van der Waals surface area contributed by atoms with Gasteiger partial charge >= 0.3 is 0 Å². The summed E-state index contributed by atoms with van der Waals surface area (Å²) in [5.41, 5.74) is 9.72. The third-order valence-corrected chi connectivity index (χ3v) is 7.24. The zero-order valence-electron chi connectivity index (χ0n) is 20.3. The number of ether oxygens (including phenoxy) is 1. The number of nitrogens with two attached hydrogens (primary N) is 1. The summed E-state index contributed by atoms with van der Waals surface area (Å²) in [6.07, 6.45) is 1.66. The molecule has 3 aromatic carbocycles. The van der Waals surface area contributed by atoms with Crippen LogP contribution in [0.25, 0.3) is 27.6 Å². The van der Waals surface area contributed by atoms with Gasteiger partial charge in [-0.2, -0.15) is 5.10 Å². The van der Waals surface area contributed by atoms with Crippen molar-refractivity contribution in [1.29, 1.82) is 0 Å². The quantitative estimate of drug-likeness (QED) is 0.348. The van der Waals surface area contributed by atoms with Crippen LogP contribution in [0.2, 0.25) is 0 Å². The summed E-state index contributed by atoms with van der Waals surface area (Å²) in [7, 11) is 0. The van der Waals surface area contributed by atoms with Gasteiger partial charge in [0.05, 0.1) is 23.6 Å². The van der Waals surface area contributed by atoms with Gasteiger partial charge in [-0.3, -0.25) is 9.00 Å². The molecule has 0 aliphatic carbocycles. The van der Waals surface area contributed by atoms with E-state index in [1.54, 1.807) is 64.3 Å². The van der Waals surface area contributed by atoms with E-state index in [2.05, 4.69) is 10.1 Å². The fourth-order valence-corrected chi connectivity index (χ4v) is 5.30. The van der Waals surface area contributed by atoms with Crippen molar-refractivity contribution >= 4 is 39.3 Å². The molecule has 190 valence electrons. The van der Waals surface area contributed by atoms with E-state index in [9.17, 15) is 13.6 Å². The highest BCUT2D eigenvalue weighted by Gasteiger charge is 2.28. The van der Waals surface area contributed by atoms with Crippen LogP contribution in [0, 0.1) is 6.92 Å². The molecule has 0 bridgehead atoms. The predicted octanol–water partition coefficient (Wildman–Crippen LogP) is 4.26. The topological polar surface area (TPSA) is 126 Å². The number of anilines is 2. The van der Waals surface area contributed by atoms with Gasteiger partial charge < -0.3 is 19.9 Å². The second kappa shape index (κ2) is 9.40. The summed E-state index contributed by atoms with van der Waals surface area (Å²) in [5, 5.41) is 6.31. The molecule has 1 unspecified atom stereocenters. The van der Waals surface area contributed by atoms with Crippen molar-refractivity contribution in [2.75, 3.05) is 23.8 Å². The number of amides is 1. The number of aryl methyl sites for hydroxylation is 1. The molecule has 10 heteroatoms. The van der Waals surface area contributed by atoms with Gasteiger partial charge in [-0.1, -0.05) is 30.3 Å². The molecule has 2 aromatic heterocycles. The number of carbonyl (C=O) groups is 1. The Morgan fingerprint density at radius 2 is 1.92 bits per heavy atom. The molecule has 0 radical (unpaired) electrons. The highest BCUT2D eigenvalue weighted by atomic mass is 32.2. The fourth-order valence-electron chi connectivity index (χ4n) is 4.75. The lowest BCUT2D eigenvalue weighted by atomic mass is 10.0. The molecule has 38 heavy (non-hydrogen) atoms. The molecular formula is C28H22N5O4S-. The Labute approximate surface area is 220 Å². The molecule has 0 spiro atoms. The number of pyridine rings is 1. The molecule has 1 amide bonds. The van der Waals surface area contributed by atoms with E-state index in [0.717, 1.165) is 10.8 Å². The van der Waals surface area contributed by atoms with Crippen molar-refractivity contribution in [2.24, 2.45) is 0 Å². The maximum absolute atomic E-state index is 13.9. The Bertz CT molecular complexity index is 1750. The molecule has 1 aliphatic rings. The number of carbonyl (C=O) groups excluding carboxylic acids is 1. The first kappa shape index (κ1) is 23.8. The highest BCUT2D eigenvalue weighted by Crippen LogP contribution is 2.38. The summed E-state index contributed by atoms with van der Waals surface area (Å²) in [6.45, 7) is 2.48. The Hall–Kier alpha value is -4.54. The molecule has 9 nitrogen and oxygen atoms in total. The minimum Gasteiger partial charge on any atom is -0.768 e. The first-order valence-electron chi connectivity index (χ1n) is 11.9. The van der Waals surface area contributed by atoms with E-state index >= 15 is 0 Å². The normalized spacial score (nSPS) is 13.7. The Morgan fingerprint density at radius 3 is 2.76 bits per heavy atom.